The molecule has 1 amide bonds. The zero-order chi connectivity index (χ0) is 6.41. The smallest absolute Gasteiger partial charge is 0.259 e. The molecule has 0 bridgehead atoms. The molecule has 0 aromatic rings. The molecule has 0 rings (SSSR count). The normalized spacial score (nSPS) is 8.75. The van der Waals surface area contributed by atoms with Gasteiger partial charge in [-0.25, -0.2) is 4.39 Å². The molecule has 0 aliphatic carbocycles. The lowest BCUT2D eigenvalue weighted by molar-refractivity contribution is -0.0342. The predicted octanol–water partition coefficient (Wildman–Crippen LogP) is 0.411. The number of nitrogens with zero attached hydrogens (tertiary/aromatic N) is 1. The van der Waals surface area contributed by atoms with Gasteiger partial charge in [-0.3, -0.25) is 9.63 Å². The molecule has 0 saturated heterocycles. The second kappa shape index (κ2) is 4.80. The van der Waals surface area contributed by atoms with Gasteiger partial charge >= 0.3 is 6.41 Å². The lowest BCUT2D eigenvalue weighted by Crippen LogP contribution is -2.11. The van der Waals surface area contributed by atoms with Crippen molar-refractivity contribution in [2.75, 3.05) is 13.3 Å². The van der Waals surface area contributed by atoms with Gasteiger partial charge in [0.1, 0.15) is 13.3 Å². The van der Waals surface area contributed by atoms with Crippen molar-refractivity contribution in [2.45, 2.75) is 0 Å². The highest BCUT2D eigenvalue weighted by atomic mass is 35.5. The highest BCUT2D eigenvalue weighted by molar-refractivity contribution is 6.17. The molecule has 5 heteroatoms. The molecular formula is C3H4ClFNO2. The van der Waals surface area contributed by atoms with E-state index in [0.717, 1.165) is 6.41 Å². The molecule has 47 valence electrons. The number of rotatable bonds is 4. The Labute approximate surface area is 51.0 Å². The fraction of sp³-hybridized carbons (Fsp3) is 0.667. The van der Waals surface area contributed by atoms with Crippen LogP contribution in [-0.4, -0.2) is 24.3 Å². The van der Waals surface area contributed by atoms with Gasteiger partial charge in [0.2, 0.25) is 0 Å². The molecule has 0 atom stereocenters. The summed E-state index contributed by atoms with van der Waals surface area (Å²) >= 11 is 4.86. The van der Waals surface area contributed by atoms with Crippen LogP contribution in [0.1, 0.15) is 0 Å². The molecule has 8 heavy (non-hydrogen) atoms. The standard InChI is InChI=1S/C3H4ClFNO2/c4-6(3-7)8-2-1-5/h1-2H2. The van der Waals surface area contributed by atoms with E-state index in [2.05, 4.69) is 4.84 Å². The molecule has 0 spiro atoms. The first-order valence-electron chi connectivity index (χ1n) is 1.84. The van der Waals surface area contributed by atoms with Crippen molar-refractivity contribution in [3.05, 3.63) is 0 Å². The monoisotopic (exact) mass is 140 g/mol. The number of hydrogen-bond donors (Lipinski definition) is 0. The Morgan fingerprint density at radius 2 is 2.50 bits per heavy atom. The predicted molar refractivity (Wildman–Crippen MR) is 25.3 cm³/mol. The van der Waals surface area contributed by atoms with E-state index >= 15 is 0 Å². The average Bonchev–Trinajstić information content (AvgIpc) is 1.83. The third kappa shape index (κ3) is 3.83. The molecule has 1 radical (unpaired) electrons. The van der Waals surface area contributed by atoms with Crippen LogP contribution in [0.25, 0.3) is 0 Å². The minimum absolute atomic E-state index is 0.223. The summed E-state index contributed by atoms with van der Waals surface area (Å²) in [7, 11) is 0. The van der Waals surface area contributed by atoms with Crippen LogP contribution in [0.15, 0.2) is 0 Å². The van der Waals surface area contributed by atoms with Gasteiger partial charge in [-0.2, -0.15) is 0 Å². The van der Waals surface area contributed by atoms with Crippen molar-refractivity contribution in [3.63, 3.8) is 0 Å². The fourth-order valence-electron chi connectivity index (χ4n) is 0.141. The molecule has 0 aromatic carbocycles. The summed E-state index contributed by atoms with van der Waals surface area (Å²) in [6.07, 6.45) is 1.16. The molecule has 0 N–H and O–H groups in total. The Hall–Kier alpha value is -0.350. The van der Waals surface area contributed by atoms with Gasteiger partial charge in [0.15, 0.2) is 0 Å². The second-order valence-electron chi connectivity index (χ2n) is 0.858. The quantitative estimate of drug-likeness (QED) is 0.322. The molecule has 0 fully saturated rings. The van der Waals surface area contributed by atoms with Gasteiger partial charge in [-0.1, -0.05) is 0 Å². The molecule has 0 aliphatic heterocycles. The van der Waals surface area contributed by atoms with E-state index < -0.39 is 6.67 Å². The fourth-order valence-corrected chi connectivity index (χ4v) is 0.210. The largest absolute Gasteiger partial charge is 0.354 e. The van der Waals surface area contributed by atoms with Gasteiger partial charge in [0.25, 0.3) is 0 Å². The number of alkyl halides is 1. The molecule has 0 aromatic heterocycles. The third-order valence-electron chi connectivity index (χ3n) is 0.354. The van der Waals surface area contributed by atoms with Crippen LogP contribution < -0.4 is 0 Å². The van der Waals surface area contributed by atoms with Crippen molar-refractivity contribution in [1.29, 1.82) is 0 Å². The Balaban J connectivity index is 2.98. The Kier molecular flexibility index (Phi) is 4.59. The van der Waals surface area contributed by atoms with E-state index in [1.165, 1.54) is 0 Å². The summed E-state index contributed by atoms with van der Waals surface area (Å²) in [6, 6.07) is 0. The van der Waals surface area contributed by atoms with E-state index in [4.69, 9.17) is 11.8 Å². The van der Waals surface area contributed by atoms with Gasteiger partial charge < -0.3 is 0 Å². The lowest BCUT2D eigenvalue weighted by Gasteiger charge is -2.01. The maximum absolute atomic E-state index is 11.1. The first kappa shape index (κ1) is 7.65. The maximum Gasteiger partial charge on any atom is 0.354 e. The topological polar surface area (TPSA) is 29.5 Å². The summed E-state index contributed by atoms with van der Waals surface area (Å²) in [5.74, 6) is 0. The molecule has 0 aliphatic rings. The zero-order valence-corrected chi connectivity index (χ0v) is 4.69. The number of amides is 1. The van der Waals surface area contributed by atoms with Crippen LogP contribution >= 0.6 is 11.8 Å². The maximum atomic E-state index is 11.1. The Bertz CT molecular complexity index is 72.3. The van der Waals surface area contributed by atoms with Crippen LogP contribution in [0.2, 0.25) is 0 Å². The average molecular weight is 141 g/mol. The molecule has 3 nitrogen and oxygen atoms in total. The van der Waals surface area contributed by atoms with Gasteiger partial charge in [-0.05, 0) is 0 Å². The van der Waals surface area contributed by atoms with E-state index in [0.29, 0.717) is 0 Å². The van der Waals surface area contributed by atoms with Crippen molar-refractivity contribution in [3.8, 4) is 0 Å². The highest BCUT2D eigenvalue weighted by Gasteiger charge is 1.94. The van der Waals surface area contributed by atoms with Crippen LogP contribution in [0.4, 0.5) is 4.39 Å². The zero-order valence-electron chi connectivity index (χ0n) is 3.93. The van der Waals surface area contributed by atoms with Crippen LogP contribution in [0.3, 0.4) is 0 Å². The van der Waals surface area contributed by atoms with Gasteiger partial charge in [0.05, 0.1) is 0 Å². The highest BCUT2D eigenvalue weighted by Crippen LogP contribution is 1.88. The minimum Gasteiger partial charge on any atom is -0.259 e. The summed E-state index contributed by atoms with van der Waals surface area (Å²) < 4.78 is 11.4. The van der Waals surface area contributed by atoms with Crippen LogP contribution in [0, 0.1) is 0 Å². The number of hydrogen-bond acceptors (Lipinski definition) is 2. The van der Waals surface area contributed by atoms with E-state index in [-0.39, 0.29) is 11.2 Å². The van der Waals surface area contributed by atoms with E-state index in [1.807, 2.05) is 0 Å². The molecule has 0 heterocycles. The first-order valence-corrected chi connectivity index (χ1v) is 2.17. The second-order valence-corrected chi connectivity index (χ2v) is 1.17. The number of hydroxylamine groups is 1. The van der Waals surface area contributed by atoms with Gasteiger partial charge in [-0.15, -0.1) is 4.58 Å². The number of carbonyl (C=O) groups excluding carboxylic acids is 1. The molecule has 0 saturated carbocycles. The van der Waals surface area contributed by atoms with E-state index in [9.17, 15) is 9.18 Å². The van der Waals surface area contributed by atoms with Crippen molar-refractivity contribution in [2.24, 2.45) is 0 Å². The van der Waals surface area contributed by atoms with Crippen LogP contribution in [0.5, 0.6) is 0 Å². The Morgan fingerprint density at radius 1 is 1.88 bits per heavy atom. The van der Waals surface area contributed by atoms with E-state index in [1.54, 1.807) is 0 Å². The molecular weight excluding hydrogens is 136 g/mol. The van der Waals surface area contributed by atoms with Gasteiger partial charge in [0, 0.05) is 11.8 Å². The molecule has 0 unspecified atom stereocenters. The number of halogens is 2. The minimum atomic E-state index is -0.676. The van der Waals surface area contributed by atoms with Crippen molar-refractivity contribution < 1.29 is 14.0 Å². The summed E-state index contributed by atoms with van der Waals surface area (Å²) in [4.78, 5) is 13.6. The lowest BCUT2D eigenvalue weighted by atomic mass is 10.8. The van der Waals surface area contributed by atoms with Crippen LogP contribution in [-0.2, 0) is 9.63 Å². The Morgan fingerprint density at radius 3 is 2.88 bits per heavy atom. The summed E-state index contributed by atoms with van der Waals surface area (Å²) in [5.41, 5.74) is 0. The van der Waals surface area contributed by atoms with Crippen molar-refractivity contribution in [1.82, 2.24) is 4.58 Å². The van der Waals surface area contributed by atoms with Crippen molar-refractivity contribution >= 4 is 18.2 Å². The third-order valence-corrected chi connectivity index (χ3v) is 0.520. The summed E-state index contributed by atoms with van der Waals surface area (Å²) in [6.45, 7) is -0.899. The SMILES string of the molecule is O=[C]N(Cl)OCCF. The first-order chi connectivity index (χ1) is 3.81. The summed E-state index contributed by atoms with van der Waals surface area (Å²) in [5, 5.41) is 0.